The summed E-state index contributed by atoms with van der Waals surface area (Å²) in [6.07, 6.45) is 1.32. The Morgan fingerprint density at radius 1 is 1.06 bits per heavy atom. The molecule has 0 aromatic heterocycles. The molecule has 1 N–H and O–H groups in total. The smallest absolute Gasteiger partial charge is 0.00885 e. The first-order valence-corrected chi connectivity index (χ1v) is 6.32. The van der Waals surface area contributed by atoms with E-state index in [2.05, 4.69) is 41.5 Å². The molecule has 86 valence electrons. The van der Waals surface area contributed by atoms with Gasteiger partial charge in [-0.05, 0) is 37.1 Å². The van der Waals surface area contributed by atoms with Crippen LogP contribution in [0.15, 0.2) is 24.3 Å². The Morgan fingerprint density at radius 3 is 2.12 bits per heavy atom. The molecule has 0 saturated carbocycles. The summed E-state index contributed by atoms with van der Waals surface area (Å²) in [6, 6.07) is 9.35. The molecule has 0 spiro atoms. The van der Waals surface area contributed by atoms with Crippen molar-refractivity contribution >= 4 is 0 Å². The van der Waals surface area contributed by atoms with Gasteiger partial charge >= 0.3 is 0 Å². The topological polar surface area (TPSA) is 15.3 Å². The van der Waals surface area contributed by atoms with E-state index in [-0.39, 0.29) is 0 Å². The molecular formula is C14H20N2. The van der Waals surface area contributed by atoms with E-state index in [1.807, 2.05) is 0 Å². The third-order valence-electron chi connectivity index (χ3n) is 4.05. The monoisotopic (exact) mass is 216 g/mol. The van der Waals surface area contributed by atoms with Crippen LogP contribution >= 0.6 is 0 Å². The van der Waals surface area contributed by atoms with Gasteiger partial charge in [0.1, 0.15) is 0 Å². The van der Waals surface area contributed by atoms with E-state index in [9.17, 15) is 0 Å². The molecule has 1 aromatic rings. The number of nitrogens with zero attached hydrogens (tertiary/aromatic N) is 1. The number of hydrogen-bond acceptors (Lipinski definition) is 2. The highest BCUT2D eigenvalue weighted by atomic mass is 15.1. The van der Waals surface area contributed by atoms with Crippen molar-refractivity contribution in [3.63, 3.8) is 0 Å². The van der Waals surface area contributed by atoms with Crippen LogP contribution in [-0.2, 0) is 0 Å². The Bertz CT molecular complexity index is 354. The maximum Gasteiger partial charge on any atom is 0.00885 e. The molecule has 0 aliphatic carbocycles. The van der Waals surface area contributed by atoms with Crippen LogP contribution in [0.2, 0.25) is 0 Å². The highest BCUT2D eigenvalue weighted by Crippen LogP contribution is 2.28. The molecule has 2 nitrogen and oxygen atoms in total. The lowest BCUT2D eigenvalue weighted by Crippen LogP contribution is -2.39. The summed E-state index contributed by atoms with van der Waals surface area (Å²) in [5.74, 6) is 1.53. The largest absolute Gasteiger partial charge is 0.315 e. The molecular weight excluding hydrogens is 196 g/mol. The number of likely N-dealkylation sites (tertiary alicyclic amines) is 1. The van der Waals surface area contributed by atoms with Gasteiger partial charge in [0, 0.05) is 25.6 Å². The molecule has 2 fully saturated rings. The van der Waals surface area contributed by atoms with Gasteiger partial charge in [0.15, 0.2) is 0 Å². The highest BCUT2D eigenvalue weighted by Gasteiger charge is 2.22. The number of hydrogen-bond donors (Lipinski definition) is 1. The summed E-state index contributed by atoms with van der Waals surface area (Å²) >= 11 is 0. The maximum atomic E-state index is 3.33. The Labute approximate surface area is 97.6 Å². The first-order chi connectivity index (χ1) is 7.83. The van der Waals surface area contributed by atoms with Gasteiger partial charge in [-0.15, -0.1) is 0 Å². The molecule has 2 saturated heterocycles. The van der Waals surface area contributed by atoms with E-state index in [1.165, 1.54) is 30.6 Å². The summed E-state index contributed by atoms with van der Waals surface area (Å²) in [6.45, 7) is 4.79. The Balaban J connectivity index is 1.71. The van der Waals surface area contributed by atoms with E-state index in [0.717, 1.165) is 24.9 Å². The Kier molecular flexibility index (Phi) is 2.70. The minimum absolute atomic E-state index is 0.763. The van der Waals surface area contributed by atoms with Crippen molar-refractivity contribution < 1.29 is 0 Å². The van der Waals surface area contributed by atoms with E-state index in [4.69, 9.17) is 0 Å². The Hall–Kier alpha value is -0.860. The summed E-state index contributed by atoms with van der Waals surface area (Å²) in [5, 5.41) is 3.33. The standard InChI is InChI=1S/C14H20N2/c1-16-7-6-13(10-16)11-2-4-12(5-3-11)14-8-15-9-14/h2-5,13-15H,6-10H2,1H3. The van der Waals surface area contributed by atoms with Crippen molar-refractivity contribution in [3.8, 4) is 0 Å². The van der Waals surface area contributed by atoms with E-state index < -0.39 is 0 Å². The van der Waals surface area contributed by atoms with Crippen LogP contribution in [0.5, 0.6) is 0 Å². The van der Waals surface area contributed by atoms with Gasteiger partial charge in [0.25, 0.3) is 0 Å². The number of likely N-dealkylation sites (N-methyl/N-ethyl adjacent to an activating group) is 1. The highest BCUT2D eigenvalue weighted by molar-refractivity contribution is 5.30. The zero-order valence-electron chi connectivity index (χ0n) is 9.95. The number of rotatable bonds is 2. The number of benzene rings is 1. The van der Waals surface area contributed by atoms with Gasteiger partial charge in [0.2, 0.25) is 0 Å². The van der Waals surface area contributed by atoms with Gasteiger partial charge in [0.05, 0.1) is 0 Å². The van der Waals surface area contributed by atoms with Crippen molar-refractivity contribution in [1.82, 2.24) is 10.2 Å². The molecule has 16 heavy (non-hydrogen) atoms. The van der Waals surface area contributed by atoms with E-state index in [0.29, 0.717) is 0 Å². The second-order valence-corrected chi connectivity index (χ2v) is 5.27. The third kappa shape index (κ3) is 1.87. The summed E-state index contributed by atoms with van der Waals surface area (Å²) < 4.78 is 0. The van der Waals surface area contributed by atoms with Gasteiger partial charge in [-0.3, -0.25) is 0 Å². The lowest BCUT2D eigenvalue weighted by Gasteiger charge is -2.27. The molecule has 0 amide bonds. The second-order valence-electron chi connectivity index (χ2n) is 5.27. The van der Waals surface area contributed by atoms with Gasteiger partial charge in [-0.25, -0.2) is 0 Å². The summed E-state index contributed by atoms with van der Waals surface area (Å²) in [5.41, 5.74) is 3.04. The first kappa shape index (κ1) is 10.3. The lowest BCUT2D eigenvalue weighted by atomic mass is 9.90. The van der Waals surface area contributed by atoms with Crippen molar-refractivity contribution in [1.29, 1.82) is 0 Å². The summed E-state index contributed by atoms with van der Waals surface area (Å²) in [7, 11) is 2.22. The van der Waals surface area contributed by atoms with Gasteiger partial charge < -0.3 is 10.2 Å². The van der Waals surface area contributed by atoms with Crippen LogP contribution in [0.1, 0.15) is 29.4 Å². The zero-order valence-corrected chi connectivity index (χ0v) is 9.95. The van der Waals surface area contributed by atoms with E-state index in [1.54, 1.807) is 0 Å². The van der Waals surface area contributed by atoms with Crippen molar-refractivity contribution in [2.24, 2.45) is 0 Å². The van der Waals surface area contributed by atoms with Gasteiger partial charge in [-0.2, -0.15) is 0 Å². The Morgan fingerprint density at radius 2 is 1.69 bits per heavy atom. The molecule has 2 aliphatic rings. The van der Waals surface area contributed by atoms with E-state index >= 15 is 0 Å². The molecule has 1 aromatic carbocycles. The number of nitrogens with one attached hydrogen (secondary N) is 1. The minimum Gasteiger partial charge on any atom is -0.315 e. The van der Waals surface area contributed by atoms with Crippen LogP contribution in [0, 0.1) is 0 Å². The fraction of sp³-hybridized carbons (Fsp3) is 0.571. The molecule has 0 radical (unpaired) electrons. The van der Waals surface area contributed by atoms with Crippen LogP contribution in [0.3, 0.4) is 0 Å². The van der Waals surface area contributed by atoms with Crippen LogP contribution in [0.4, 0.5) is 0 Å². The fourth-order valence-corrected chi connectivity index (χ4v) is 2.77. The third-order valence-corrected chi connectivity index (χ3v) is 4.05. The van der Waals surface area contributed by atoms with Crippen molar-refractivity contribution in [3.05, 3.63) is 35.4 Å². The predicted molar refractivity (Wildman–Crippen MR) is 66.9 cm³/mol. The van der Waals surface area contributed by atoms with Crippen LogP contribution < -0.4 is 5.32 Å². The predicted octanol–water partition coefficient (Wildman–Crippen LogP) is 1.79. The quantitative estimate of drug-likeness (QED) is 0.811. The van der Waals surface area contributed by atoms with Gasteiger partial charge in [-0.1, -0.05) is 24.3 Å². The fourth-order valence-electron chi connectivity index (χ4n) is 2.77. The average molecular weight is 216 g/mol. The molecule has 2 aliphatic heterocycles. The van der Waals surface area contributed by atoms with Crippen LogP contribution in [-0.4, -0.2) is 38.1 Å². The minimum atomic E-state index is 0.763. The lowest BCUT2D eigenvalue weighted by molar-refractivity contribution is 0.411. The van der Waals surface area contributed by atoms with Crippen molar-refractivity contribution in [2.45, 2.75) is 18.3 Å². The molecule has 1 atom stereocenters. The normalized spacial score (nSPS) is 26.9. The average Bonchev–Trinajstić information content (AvgIpc) is 2.63. The molecule has 1 unspecified atom stereocenters. The second kappa shape index (κ2) is 4.19. The maximum absolute atomic E-state index is 3.33. The van der Waals surface area contributed by atoms with Crippen molar-refractivity contribution in [2.75, 3.05) is 33.2 Å². The summed E-state index contributed by atoms with van der Waals surface area (Å²) in [4.78, 5) is 2.43. The first-order valence-electron chi connectivity index (χ1n) is 6.32. The molecule has 0 bridgehead atoms. The molecule has 2 heteroatoms. The zero-order chi connectivity index (χ0) is 11.0. The molecule has 2 heterocycles. The SMILES string of the molecule is CN1CCC(c2ccc(C3CNC3)cc2)C1. The van der Waals surface area contributed by atoms with Crippen LogP contribution in [0.25, 0.3) is 0 Å². The molecule has 3 rings (SSSR count).